The van der Waals surface area contributed by atoms with Gasteiger partial charge in [-0.25, -0.2) is 0 Å². The van der Waals surface area contributed by atoms with E-state index in [9.17, 15) is 0 Å². The van der Waals surface area contributed by atoms with Crippen LogP contribution in [0.2, 0.25) is 10.5 Å². The monoisotopic (exact) mass is 202 g/mol. The van der Waals surface area contributed by atoms with E-state index in [4.69, 9.17) is 0 Å². The van der Waals surface area contributed by atoms with Crippen LogP contribution in [0.25, 0.3) is 0 Å². The van der Waals surface area contributed by atoms with Gasteiger partial charge >= 0.3 is 41.0 Å². The van der Waals surface area contributed by atoms with Crippen LogP contribution in [0.15, 0.2) is 0 Å². The molecule has 6 heavy (non-hydrogen) atoms. The first-order chi connectivity index (χ1) is 2.41. The van der Waals surface area contributed by atoms with Crippen LogP contribution in [0.4, 0.5) is 0 Å². The van der Waals surface area contributed by atoms with Crippen LogP contribution in [-0.4, -0.2) is 0 Å². The van der Waals surface area contributed by atoms with Gasteiger partial charge in [0.1, 0.15) is 0 Å². The van der Waals surface area contributed by atoms with Crippen LogP contribution in [0.5, 0.6) is 0 Å². The van der Waals surface area contributed by atoms with E-state index in [1.54, 1.807) is 5.02 Å². The Kier molecular flexibility index (Phi) is 16.0. The first kappa shape index (κ1) is 10.2. The van der Waals surface area contributed by atoms with Gasteiger partial charge in [-0.2, -0.15) is 0 Å². The van der Waals surface area contributed by atoms with Crippen LogP contribution in [-0.2, 0) is 17.1 Å². The summed E-state index contributed by atoms with van der Waals surface area (Å²) < 4.78 is 0. The SMILES string of the molecule is Br.CC[CH2][Zn][CH3]. The van der Waals surface area contributed by atoms with Gasteiger partial charge in [0.25, 0.3) is 0 Å². The second kappa shape index (κ2) is 9.44. The minimum absolute atomic E-state index is 0. The Balaban J connectivity index is 0. The van der Waals surface area contributed by atoms with Gasteiger partial charge in [-0.1, -0.05) is 0 Å². The molecule has 0 aromatic heterocycles. The molecule has 0 saturated heterocycles. The summed E-state index contributed by atoms with van der Waals surface area (Å²) in [6.07, 6.45) is 1.43. The van der Waals surface area contributed by atoms with Crippen molar-refractivity contribution in [3.8, 4) is 0 Å². The topological polar surface area (TPSA) is 0 Å². The van der Waals surface area contributed by atoms with E-state index in [2.05, 4.69) is 12.4 Å². The molecule has 2 heteroatoms. The molecule has 0 bridgehead atoms. The average Bonchev–Trinajstić information content (AvgIpc) is 1.41. The van der Waals surface area contributed by atoms with Crippen LogP contribution in [0.1, 0.15) is 13.3 Å². The molecule has 0 nitrogen and oxygen atoms in total. The normalized spacial score (nSPS) is 5.67. The molecule has 0 aromatic rings. The van der Waals surface area contributed by atoms with Gasteiger partial charge < -0.3 is 0 Å². The average molecular weight is 204 g/mol. The molecule has 0 rings (SSSR count). The fourth-order valence-electron chi connectivity index (χ4n) is 0.354. The zero-order valence-electron chi connectivity index (χ0n) is 4.53. The summed E-state index contributed by atoms with van der Waals surface area (Å²) in [5.74, 6) is 0. The first-order valence-corrected chi connectivity index (χ1v) is 7.48. The van der Waals surface area contributed by atoms with Crippen LogP contribution in [0.3, 0.4) is 0 Å². The summed E-state index contributed by atoms with van der Waals surface area (Å²) in [6, 6.07) is 0. The molecule has 0 N–H and O–H groups in total. The fraction of sp³-hybridized carbons (Fsp3) is 1.00. The third-order valence-electron chi connectivity index (χ3n) is 0.707. The van der Waals surface area contributed by atoms with Gasteiger partial charge in [0.05, 0.1) is 0 Å². The number of rotatable bonds is 2. The maximum atomic E-state index is 2.40. The second-order valence-electron chi connectivity index (χ2n) is 1.35. The zero-order valence-corrected chi connectivity index (χ0v) is 9.21. The Morgan fingerprint density at radius 1 is 1.50 bits per heavy atom. The summed E-state index contributed by atoms with van der Waals surface area (Å²) in [5, 5.41) is 1.58. The van der Waals surface area contributed by atoms with Crippen LogP contribution < -0.4 is 0 Å². The van der Waals surface area contributed by atoms with E-state index in [0.717, 1.165) is 0 Å². The Morgan fingerprint density at radius 2 is 2.00 bits per heavy atom. The molecule has 0 fully saturated rings. The predicted octanol–water partition coefficient (Wildman–Crippen LogP) is 2.52. The van der Waals surface area contributed by atoms with E-state index < -0.39 is 0 Å². The minimum atomic E-state index is 0. The predicted molar refractivity (Wildman–Crippen MR) is 31.3 cm³/mol. The van der Waals surface area contributed by atoms with Crippen molar-refractivity contribution in [3.05, 3.63) is 0 Å². The Labute approximate surface area is 58.1 Å². The van der Waals surface area contributed by atoms with Gasteiger partial charge in [0.15, 0.2) is 0 Å². The number of halogens is 1. The summed E-state index contributed by atoms with van der Waals surface area (Å²) in [7, 11) is 0. The van der Waals surface area contributed by atoms with Crippen molar-refractivity contribution < 1.29 is 17.1 Å². The molecule has 36 valence electrons. The Morgan fingerprint density at radius 3 is 2.00 bits per heavy atom. The van der Waals surface area contributed by atoms with Crippen LogP contribution >= 0.6 is 17.0 Å². The van der Waals surface area contributed by atoms with Gasteiger partial charge in [0, 0.05) is 0 Å². The molecule has 0 spiro atoms. The second-order valence-corrected chi connectivity index (χ2v) is 4.94. The van der Waals surface area contributed by atoms with Gasteiger partial charge in [-0.05, 0) is 0 Å². The molecule has 0 aliphatic carbocycles. The molecule has 0 saturated carbocycles. The van der Waals surface area contributed by atoms with Crippen molar-refractivity contribution >= 4 is 17.0 Å². The summed E-state index contributed by atoms with van der Waals surface area (Å²) in [4.78, 5) is 0. The molecular weight excluding hydrogens is 193 g/mol. The maximum absolute atomic E-state index is 2.40. The summed E-state index contributed by atoms with van der Waals surface area (Å²) in [6.45, 7) is 2.26. The Bertz CT molecular complexity index is 15.0. The third kappa shape index (κ3) is 8.92. The molecule has 0 radical (unpaired) electrons. The van der Waals surface area contributed by atoms with E-state index >= 15 is 0 Å². The van der Waals surface area contributed by atoms with Crippen molar-refractivity contribution in [3.63, 3.8) is 0 Å². The molecule has 0 atom stereocenters. The van der Waals surface area contributed by atoms with E-state index in [1.165, 1.54) is 6.42 Å². The third-order valence-corrected chi connectivity index (χ3v) is 3.67. The molecule has 0 aliphatic rings. The number of hydrogen-bond acceptors (Lipinski definition) is 0. The fourth-order valence-corrected chi connectivity index (χ4v) is 1.84. The molecule has 0 heterocycles. The summed E-state index contributed by atoms with van der Waals surface area (Å²) >= 11 is 0.0885. The van der Waals surface area contributed by atoms with Gasteiger partial charge in [0.2, 0.25) is 0 Å². The van der Waals surface area contributed by atoms with Crippen molar-refractivity contribution in [1.29, 1.82) is 0 Å². The molecule has 0 aliphatic heterocycles. The van der Waals surface area contributed by atoms with Crippen molar-refractivity contribution in [1.82, 2.24) is 0 Å². The van der Waals surface area contributed by atoms with Crippen molar-refractivity contribution in [2.24, 2.45) is 0 Å². The molecular formula is C4H11BrZn. The van der Waals surface area contributed by atoms with E-state index in [0.29, 0.717) is 0 Å². The Hall–Kier alpha value is 1.10. The molecule has 0 aromatic carbocycles. The quantitative estimate of drug-likeness (QED) is 0.606. The van der Waals surface area contributed by atoms with Crippen molar-refractivity contribution in [2.75, 3.05) is 0 Å². The molecule has 0 amide bonds. The van der Waals surface area contributed by atoms with Gasteiger partial charge in [-0.3, -0.25) is 0 Å². The van der Waals surface area contributed by atoms with Gasteiger partial charge in [-0.15, -0.1) is 17.0 Å². The zero-order chi connectivity index (χ0) is 4.12. The van der Waals surface area contributed by atoms with Crippen molar-refractivity contribution in [2.45, 2.75) is 23.9 Å². The number of hydrogen-bond donors (Lipinski definition) is 0. The first-order valence-electron chi connectivity index (χ1n) is 2.41. The van der Waals surface area contributed by atoms with E-state index in [1.807, 2.05) is 0 Å². The van der Waals surface area contributed by atoms with E-state index in [-0.39, 0.29) is 34.1 Å². The summed E-state index contributed by atoms with van der Waals surface area (Å²) in [5.41, 5.74) is 2.40. The standard InChI is InChI=1S/C3H7.CH3.BrH.Zn/c1-3-2;;;/h1,3H2,2H3;1H3;1H;. The molecule has 0 unspecified atom stereocenters. The van der Waals surface area contributed by atoms with Crippen LogP contribution in [0, 0.1) is 0 Å².